The monoisotopic (exact) mass is 170 g/mol. The lowest BCUT2D eigenvalue weighted by Gasteiger charge is -2.14. The molecule has 0 fully saturated rings. The molecular formula is C10H22N2. The molecule has 4 N–H and O–H groups in total. The molecule has 0 amide bonds. The van der Waals surface area contributed by atoms with E-state index in [1.807, 2.05) is 0 Å². The number of unbranched alkanes of at least 4 members (excludes halogenated alkanes) is 1. The molecule has 0 radical (unpaired) electrons. The van der Waals surface area contributed by atoms with Gasteiger partial charge in [0.15, 0.2) is 0 Å². The third kappa shape index (κ3) is 4.39. The molecule has 2 heteroatoms. The van der Waals surface area contributed by atoms with Gasteiger partial charge in [-0.1, -0.05) is 33.1 Å². The van der Waals surface area contributed by atoms with E-state index < -0.39 is 0 Å². The molecule has 2 nitrogen and oxygen atoms in total. The molecule has 0 saturated heterocycles. The van der Waals surface area contributed by atoms with Crippen LogP contribution in [0.2, 0.25) is 0 Å². The van der Waals surface area contributed by atoms with Crippen molar-refractivity contribution in [1.29, 1.82) is 0 Å². The van der Waals surface area contributed by atoms with E-state index in [1.165, 1.54) is 18.4 Å². The summed E-state index contributed by atoms with van der Waals surface area (Å²) in [6.45, 7) is 4.33. The van der Waals surface area contributed by atoms with Crippen molar-refractivity contribution in [1.82, 2.24) is 0 Å². The molecule has 12 heavy (non-hydrogen) atoms. The molecule has 0 aliphatic heterocycles. The smallest absolute Gasteiger partial charge is 0.0270 e. The SMILES string of the molecule is CCCCC(N)C(=CN)CCC. The van der Waals surface area contributed by atoms with Crippen LogP contribution >= 0.6 is 0 Å². The van der Waals surface area contributed by atoms with Gasteiger partial charge in [0.2, 0.25) is 0 Å². The van der Waals surface area contributed by atoms with Crippen molar-refractivity contribution in [3.05, 3.63) is 11.8 Å². The zero-order chi connectivity index (χ0) is 9.40. The highest BCUT2D eigenvalue weighted by Gasteiger charge is 2.06. The van der Waals surface area contributed by atoms with Gasteiger partial charge in [0.1, 0.15) is 0 Å². The molecule has 0 aliphatic rings. The minimum atomic E-state index is 0.190. The molecule has 0 aromatic heterocycles. The van der Waals surface area contributed by atoms with Crippen LogP contribution in [0.4, 0.5) is 0 Å². The molecule has 0 bridgehead atoms. The van der Waals surface area contributed by atoms with E-state index in [0.717, 1.165) is 19.3 Å². The summed E-state index contributed by atoms with van der Waals surface area (Å²) in [5.41, 5.74) is 12.7. The van der Waals surface area contributed by atoms with Gasteiger partial charge in [-0.2, -0.15) is 0 Å². The topological polar surface area (TPSA) is 52.0 Å². The van der Waals surface area contributed by atoms with Gasteiger partial charge in [-0.3, -0.25) is 0 Å². The van der Waals surface area contributed by atoms with Gasteiger partial charge in [-0.25, -0.2) is 0 Å². The minimum absolute atomic E-state index is 0.190. The summed E-state index contributed by atoms with van der Waals surface area (Å²) in [4.78, 5) is 0. The number of hydrogen-bond donors (Lipinski definition) is 2. The Kier molecular flexibility index (Phi) is 6.87. The second-order valence-corrected chi connectivity index (χ2v) is 3.24. The first-order chi connectivity index (χ1) is 5.76. The van der Waals surface area contributed by atoms with Gasteiger partial charge in [-0.05, 0) is 24.6 Å². The number of rotatable bonds is 6. The molecule has 0 heterocycles. The van der Waals surface area contributed by atoms with Crippen LogP contribution in [0.25, 0.3) is 0 Å². The van der Waals surface area contributed by atoms with Crippen molar-refractivity contribution in [3.63, 3.8) is 0 Å². The highest BCUT2D eigenvalue weighted by molar-refractivity contribution is 5.07. The summed E-state index contributed by atoms with van der Waals surface area (Å²) >= 11 is 0. The van der Waals surface area contributed by atoms with Crippen LogP contribution in [0.3, 0.4) is 0 Å². The standard InChI is InChI=1S/C10H22N2/c1-3-5-7-10(12)9(8-11)6-4-2/h8,10H,3-7,11-12H2,1-2H3. The van der Waals surface area contributed by atoms with Crippen molar-refractivity contribution < 1.29 is 0 Å². The number of hydrogen-bond acceptors (Lipinski definition) is 2. The van der Waals surface area contributed by atoms with Crippen LogP contribution in [0, 0.1) is 0 Å². The maximum absolute atomic E-state index is 5.95. The van der Waals surface area contributed by atoms with Crippen LogP contribution in [0.15, 0.2) is 11.8 Å². The van der Waals surface area contributed by atoms with Crippen molar-refractivity contribution in [2.75, 3.05) is 0 Å². The summed E-state index contributed by atoms with van der Waals surface area (Å²) in [6, 6.07) is 0.190. The second-order valence-electron chi connectivity index (χ2n) is 3.24. The highest BCUT2D eigenvalue weighted by atomic mass is 14.6. The van der Waals surface area contributed by atoms with Crippen LogP contribution in [0.1, 0.15) is 46.0 Å². The number of nitrogens with two attached hydrogens (primary N) is 2. The normalized spacial score (nSPS) is 14.8. The van der Waals surface area contributed by atoms with Gasteiger partial charge in [0.05, 0.1) is 0 Å². The Morgan fingerprint density at radius 2 is 2.00 bits per heavy atom. The first-order valence-corrected chi connectivity index (χ1v) is 4.92. The zero-order valence-corrected chi connectivity index (χ0v) is 8.34. The molecule has 1 unspecified atom stereocenters. The Balaban J connectivity index is 3.78. The van der Waals surface area contributed by atoms with Crippen LogP contribution in [0.5, 0.6) is 0 Å². The Labute approximate surface area is 76.0 Å². The molecule has 0 aliphatic carbocycles. The van der Waals surface area contributed by atoms with Crippen LogP contribution in [-0.2, 0) is 0 Å². The Morgan fingerprint density at radius 1 is 1.33 bits per heavy atom. The van der Waals surface area contributed by atoms with Crippen molar-refractivity contribution >= 4 is 0 Å². The maximum Gasteiger partial charge on any atom is 0.0270 e. The Morgan fingerprint density at radius 3 is 2.42 bits per heavy atom. The van der Waals surface area contributed by atoms with Crippen molar-refractivity contribution in [2.45, 2.75) is 52.0 Å². The zero-order valence-electron chi connectivity index (χ0n) is 8.34. The Bertz CT molecular complexity index is 130. The largest absolute Gasteiger partial charge is 0.405 e. The molecular weight excluding hydrogens is 148 g/mol. The van der Waals surface area contributed by atoms with Crippen molar-refractivity contribution in [3.8, 4) is 0 Å². The third-order valence-corrected chi connectivity index (χ3v) is 2.10. The lowest BCUT2D eigenvalue weighted by atomic mass is 9.99. The lowest BCUT2D eigenvalue weighted by Crippen LogP contribution is -2.23. The van der Waals surface area contributed by atoms with E-state index in [0.29, 0.717) is 0 Å². The molecule has 0 saturated carbocycles. The molecule has 0 rings (SSSR count). The van der Waals surface area contributed by atoms with E-state index in [1.54, 1.807) is 6.20 Å². The lowest BCUT2D eigenvalue weighted by molar-refractivity contribution is 0.610. The summed E-state index contributed by atoms with van der Waals surface area (Å²) in [6.07, 6.45) is 7.33. The average Bonchev–Trinajstić information content (AvgIpc) is 2.10. The van der Waals surface area contributed by atoms with E-state index in [2.05, 4.69) is 13.8 Å². The first-order valence-electron chi connectivity index (χ1n) is 4.92. The molecule has 0 spiro atoms. The predicted octanol–water partition coefficient (Wildman–Crippen LogP) is 2.15. The van der Waals surface area contributed by atoms with E-state index >= 15 is 0 Å². The summed E-state index contributed by atoms with van der Waals surface area (Å²) in [5.74, 6) is 0. The van der Waals surface area contributed by atoms with Crippen LogP contribution in [-0.4, -0.2) is 6.04 Å². The van der Waals surface area contributed by atoms with Gasteiger partial charge in [0, 0.05) is 6.04 Å². The summed E-state index contributed by atoms with van der Waals surface area (Å²) in [5, 5.41) is 0. The second kappa shape index (κ2) is 7.17. The molecule has 0 aromatic rings. The average molecular weight is 170 g/mol. The molecule has 0 aromatic carbocycles. The Hall–Kier alpha value is -0.500. The maximum atomic E-state index is 5.95. The van der Waals surface area contributed by atoms with E-state index in [4.69, 9.17) is 11.5 Å². The summed E-state index contributed by atoms with van der Waals surface area (Å²) < 4.78 is 0. The highest BCUT2D eigenvalue weighted by Crippen LogP contribution is 2.12. The minimum Gasteiger partial charge on any atom is -0.405 e. The fourth-order valence-electron chi connectivity index (χ4n) is 1.29. The molecule has 1 atom stereocenters. The van der Waals surface area contributed by atoms with Crippen LogP contribution < -0.4 is 11.5 Å². The fourth-order valence-corrected chi connectivity index (χ4v) is 1.29. The van der Waals surface area contributed by atoms with E-state index in [-0.39, 0.29) is 6.04 Å². The third-order valence-electron chi connectivity index (χ3n) is 2.10. The van der Waals surface area contributed by atoms with Gasteiger partial charge in [0.25, 0.3) is 0 Å². The van der Waals surface area contributed by atoms with Gasteiger partial charge >= 0.3 is 0 Å². The predicted molar refractivity (Wildman–Crippen MR) is 54.7 cm³/mol. The van der Waals surface area contributed by atoms with Gasteiger partial charge < -0.3 is 11.5 Å². The fraction of sp³-hybridized carbons (Fsp3) is 0.800. The quantitative estimate of drug-likeness (QED) is 0.641. The first kappa shape index (κ1) is 11.5. The molecule has 72 valence electrons. The van der Waals surface area contributed by atoms with E-state index in [9.17, 15) is 0 Å². The van der Waals surface area contributed by atoms with Gasteiger partial charge in [-0.15, -0.1) is 0 Å². The summed E-state index contributed by atoms with van der Waals surface area (Å²) in [7, 11) is 0. The van der Waals surface area contributed by atoms with Crippen molar-refractivity contribution in [2.24, 2.45) is 11.5 Å².